The van der Waals surface area contributed by atoms with Gasteiger partial charge in [0.15, 0.2) is 0 Å². The van der Waals surface area contributed by atoms with Crippen molar-refractivity contribution in [3.05, 3.63) is 0 Å². The van der Waals surface area contributed by atoms with Crippen LogP contribution in [0.5, 0.6) is 0 Å². The van der Waals surface area contributed by atoms with Crippen molar-refractivity contribution in [3.8, 4) is 0 Å². The average Bonchev–Trinajstić information content (AvgIpc) is 3.41. The number of likely N-dealkylation sites (tertiary alicyclic amines) is 1. The van der Waals surface area contributed by atoms with Crippen LogP contribution >= 0.6 is 35.8 Å². The van der Waals surface area contributed by atoms with Gasteiger partial charge in [-0.25, -0.2) is 0 Å². The summed E-state index contributed by atoms with van der Waals surface area (Å²) in [6.45, 7) is 7.01. The minimum atomic E-state index is -1.36. The largest absolute Gasteiger partial charge is 0.481 e. The summed E-state index contributed by atoms with van der Waals surface area (Å²) in [6, 6.07) is -0.934. The Bertz CT molecular complexity index is 829. The number of unbranched alkanes of at least 4 members (excludes halogenated alkanes) is 14. The van der Waals surface area contributed by atoms with Gasteiger partial charge in [0.1, 0.15) is 29.9 Å². The number of carbonyl (C=O) groups is 2. The first kappa shape index (κ1) is 47.7. The molecule has 2 fully saturated rings. The van der Waals surface area contributed by atoms with Crippen LogP contribution in [0, 0.1) is 5.92 Å². The lowest BCUT2D eigenvalue weighted by Gasteiger charge is -2.44. The van der Waals surface area contributed by atoms with E-state index >= 15 is 0 Å². The summed E-state index contributed by atoms with van der Waals surface area (Å²) >= 11 is 7.55. The van der Waals surface area contributed by atoms with Gasteiger partial charge in [-0.1, -0.05) is 110 Å². The number of hydrogen-bond donors (Lipinski definition) is 5. The molecule has 0 aromatic rings. The molecule has 0 aromatic heterocycles. The van der Waals surface area contributed by atoms with Crippen molar-refractivity contribution in [3.63, 3.8) is 0 Å². The van der Waals surface area contributed by atoms with Gasteiger partial charge in [0.05, 0.1) is 17.5 Å². The van der Waals surface area contributed by atoms with Gasteiger partial charge < -0.3 is 30.5 Å². The number of carboxylic acids is 1. The monoisotopic (exact) mass is 744 g/mol. The average molecular weight is 746 g/mol. The van der Waals surface area contributed by atoms with Gasteiger partial charge >= 0.3 is 5.97 Å². The lowest BCUT2D eigenvalue weighted by molar-refractivity contribution is -0.205. The van der Waals surface area contributed by atoms with Crippen LogP contribution in [0.15, 0.2) is 0 Å². The van der Waals surface area contributed by atoms with Crippen LogP contribution in [-0.4, -0.2) is 104 Å². The molecule has 0 radical (unpaired) electrons. The van der Waals surface area contributed by atoms with E-state index < -0.39 is 47.2 Å². The van der Waals surface area contributed by atoms with Gasteiger partial charge in [-0.2, -0.15) is 0 Å². The van der Waals surface area contributed by atoms with Gasteiger partial charge in [0.2, 0.25) is 5.91 Å². The summed E-state index contributed by atoms with van der Waals surface area (Å²) in [7, 11) is 1.94. The molecule has 5 N–H and O–H groups in total. The highest BCUT2D eigenvalue weighted by Gasteiger charge is 2.48. The summed E-state index contributed by atoms with van der Waals surface area (Å²) in [4.78, 5) is 25.3. The van der Waals surface area contributed by atoms with Gasteiger partial charge in [-0.15, -0.1) is 35.8 Å². The molecule has 9 atom stereocenters. The second-order valence-corrected chi connectivity index (χ2v) is 15.5. The zero-order valence-corrected chi connectivity index (χ0v) is 32.9. The highest BCUT2D eigenvalue weighted by molar-refractivity contribution is 7.99. The Morgan fingerprint density at radius 1 is 0.854 bits per heavy atom. The highest BCUT2D eigenvalue weighted by atomic mass is 35.5. The number of nitrogens with zero attached hydrogens (tertiary/aromatic N) is 1. The minimum Gasteiger partial charge on any atom is -0.481 e. The molecule has 12 heteroatoms. The Kier molecular flexibility index (Phi) is 28.1. The first-order valence-corrected chi connectivity index (χ1v) is 20.3. The number of aliphatic hydroxyl groups excluding tert-OH is 3. The Labute approximate surface area is 307 Å². The van der Waals surface area contributed by atoms with Gasteiger partial charge in [-0.05, 0) is 45.4 Å². The number of alkyl halides is 1. The highest BCUT2D eigenvalue weighted by Crippen LogP contribution is 2.31. The van der Waals surface area contributed by atoms with E-state index in [1.807, 2.05) is 11.9 Å². The number of carboxylic acid groups (broad SMARTS) is 1. The van der Waals surface area contributed by atoms with E-state index in [2.05, 4.69) is 19.2 Å². The van der Waals surface area contributed by atoms with Crippen LogP contribution in [0.3, 0.4) is 0 Å². The fourth-order valence-corrected chi connectivity index (χ4v) is 7.65. The quantitative estimate of drug-likeness (QED) is 0.0546. The predicted molar refractivity (Wildman–Crippen MR) is 201 cm³/mol. The molecule has 0 aromatic carbocycles. The number of aliphatic carboxylic acids is 1. The Hall–Kier alpha value is -0.330. The molecular weight excluding hydrogens is 675 g/mol. The molecular formula is C36H70Cl2N2O7S. The molecule has 2 saturated heterocycles. The van der Waals surface area contributed by atoms with Crippen molar-refractivity contribution in [2.75, 3.05) is 19.8 Å². The van der Waals surface area contributed by atoms with Crippen molar-refractivity contribution >= 4 is 47.6 Å². The number of hydrogen-bond acceptors (Lipinski definition) is 8. The van der Waals surface area contributed by atoms with Gasteiger partial charge in [0, 0.05) is 13.0 Å². The summed E-state index contributed by atoms with van der Waals surface area (Å²) in [5.41, 5.74) is -0.702. The number of thioether (sulfide) groups is 1. The summed E-state index contributed by atoms with van der Waals surface area (Å²) in [6.07, 6.45) is 20.1. The molecule has 0 bridgehead atoms. The molecule has 2 heterocycles. The SMILES string of the molecule is CCCCCCCCCCCCCCCCCC(=O)O.CCC[C@@H]1C[C@@H](C(=O)N[C@@H]([C@H]2O[C@H](SC)[C@H](O)[C@@H](O)[C@H]2O)[C@H](C)Cl)N(C)C1.Cl. The van der Waals surface area contributed by atoms with E-state index in [-0.39, 0.29) is 24.4 Å². The van der Waals surface area contributed by atoms with Crippen LogP contribution in [-0.2, 0) is 14.3 Å². The van der Waals surface area contributed by atoms with E-state index in [1.54, 1.807) is 13.2 Å². The van der Waals surface area contributed by atoms with Crippen molar-refractivity contribution in [2.24, 2.45) is 5.92 Å². The molecule has 0 saturated carbocycles. The zero-order valence-electron chi connectivity index (χ0n) is 30.5. The van der Waals surface area contributed by atoms with E-state index in [0.29, 0.717) is 12.3 Å². The third kappa shape index (κ3) is 18.8. The van der Waals surface area contributed by atoms with Crippen LogP contribution < -0.4 is 5.32 Å². The maximum atomic E-state index is 12.9. The van der Waals surface area contributed by atoms with E-state index in [1.165, 1.54) is 95.2 Å². The number of rotatable bonds is 23. The van der Waals surface area contributed by atoms with Crippen LogP contribution in [0.25, 0.3) is 0 Å². The maximum absolute atomic E-state index is 12.9. The number of aliphatic hydroxyl groups is 3. The Morgan fingerprint density at radius 2 is 1.35 bits per heavy atom. The molecule has 1 amide bonds. The third-order valence-corrected chi connectivity index (χ3v) is 10.8. The standard InChI is InChI=1S/C18H33ClN2O5S.C18H36O2.ClH/c1-5-6-10-7-11(21(3)8-10)17(25)20-12(9(2)19)16-14(23)13(22)15(24)18(26-16)27-4;1-2-3-4-5-6-7-8-9-10-11-12-13-14-15-16-17-18(19)20;/h9-16,18,22-24H,5-8H2,1-4H3,(H,20,25);2-17H2,1H3,(H,19,20);1H/t9-,10+,11-,12+,13-,14+,15+,16+,18+;;/m0../s1. The molecule has 2 rings (SSSR count). The lowest BCUT2D eigenvalue weighted by atomic mass is 9.92. The molecule has 2 aliphatic heterocycles. The van der Waals surface area contributed by atoms with Crippen LogP contribution in [0.2, 0.25) is 0 Å². The molecule has 9 nitrogen and oxygen atoms in total. The number of nitrogens with one attached hydrogen (secondary N) is 1. The maximum Gasteiger partial charge on any atom is 0.303 e. The van der Waals surface area contributed by atoms with E-state index in [9.17, 15) is 24.9 Å². The van der Waals surface area contributed by atoms with Gasteiger partial charge in [-0.3, -0.25) is 14.5 Å². The van der Waals surface area contributed by atoms with Crippen LogP contribution in [0.4, 0.5) is 0 Å². The zero-order chi connectivity index (χ0) is 35.2. The van der Waals surface area contributed by atoms with E-state index in [0.717, 1.165) is 38.6 Å². The number of amides is 1. The topological polar surface area (TPSA) is 140 Å². The molecule has 0 unspecified atom stereocenters. The Morgan fingerprint density at radius 3 is 1.79 bits per heavy atom. The number of ether oxygens (including phenoxy) is 1. The fourth-order valence-electron chi connectivity index (χ4n) is 6.76. The normalized spacial score (nSPS) is 27.0. The lowest BCUT2D eigenvalue weighted by Crippen LogP contribution is -2.65. The van der Waals surface area contributed by atoms with Crippen molar-refractivity contribution in [2.45, 2.75) is 190 Å². The van der Waals surface area contributed by atoms with Crippen LogP contribution in [0.1, 0.15) is 143 Å². The minimum absolute atomic E-state index is 0. The van der Waals surface area contributed by atoms with E-state index in [4.69, 9.17) is 21.4 Å². The molecule has 0 aliphatic carbocycles. The summed E-state index contributed by atoms with van der Waals surface area (Å²) < 4.78 is 5.79. The summed E-state index contributed by atoms with van der Waals surface area (Å²) in [5, 5.41) is 41.5. The smallest absolute Gasteiger partial charge is 0.303 e. The molecule has 48 heavy (non-hydrogen) atoms. The number of halogens is 2. The molecule has 286 valence electrons. The first-order valence-electron chi connectivity index (χ1n) is 18.6. The fraction of sp³-hybridized carbons (Fsp3) is 0.944. The van der Waals surface area contributed by atoms with Crippen molar-refractivity contribution in [1.82, 2.24) is 10.2 Å². The Balaban J connectivity index is 0.000000946. The molecule has 2 aliphatic rings. The molecule has 0 spiro atoms. The second kappa shape index (κ2) is 28.3. The second-order valence-electron chi connectivity index (χ2n) is 13.8. The number of carbonyl (C=O) groups excluding carboxylic acids is 1. The number of likely N-dealkylation sites (N-methyl/N-ethyl adjacent to an activating group) is 1. The third-order valence-electron chi connectivity index (χ3n) is 9.63. The van der Waals surface area contributed by atoms with Crippen molar-refractivity contribution in [1.29, 1.82) is 0 Å². The summed E-state index contributed by atoms with van der Waals surface area (Å²) in [5.74, 6) is -0.303. The predicted octanol–water partition coefficient (Wildman–Crippen LogP) is 7.14. The van der Waals surface area contributed by atoms with Gasteiger partial charge in [0.25, 0.3) is 0 Å². The van der Waals surface area contributed by atoms with Crippen molar-refractivity contribution < 1.29 is 34.8 Å². The first-order chi connectivity index (χ1) is 22.5.